The molecule has 0 aromatic carbocycles. The maximum atomic E-state index is 14.9. The number of carbonyl (C=O) groups excluding carboxylic acids is 1. The monoisotopic (exact) mass is 524 g/mol. The third-order valence-corrected chi connectivity index (χ3v) is 9.35. The first-order valence-corrected chi connectivity index (χ1v) is 14.3. The molecule has 2 aromatic heterocycles. The predicted molar refractivity (Wildman–Crippen MR) is 137 cm³/mol. The summed E-state index contributed by atoms with van der Waals surface area (Å²) in [5, 5.41) is 18.6. The minimum Gasteiger partial charge on any atom is -0.478 e. The molecule has 3 unspecified atom stereocenters. The number of ether oxygens (including phenoxy) is 1. The Morgan fingerprint density at radius 3 is 2.78 bits per heavy atom. The van der Waals surface area contributed by atoms with Crippen LogP contribution in [0.5, 0.6) is 5.88 Å². The highest BCUT2D eigenvalue weighted by Gasteiger charge is 2.42. The Labute approximate surface area is 212 Å². The zero-order valence-electron chi connectivity index (χ0n) is 21.5. The zero-order valence-corrected chi connectivity index (χ0v) is 22.4. The van der Waals surface area contributed by atoms with Gasteiger partial charge in [-0.2, -0.15) is 15.7 Å². The fourth-order valence-electron chi connectivity index (χ4n) is 5.07. The van der Waals surface area contributed by atoms with E-state index in [4.69, 9.17) is 9.84 Å². The quantitative estimate of drug-likeness (QED) is 0.432. The van der Waals surface area contributed by atoms with Crippen molar-refractivity contribution in [2.75, 3.05) is 18.1 Å². The number of aliphatic hydroxyl groups is 1. The number of aromatic nitrogens is 3. The predicted octanol–water partition coefficient (Wildman–Crippen LogP) is 3.95. The van der Waals surface area contributed by atoms with Crippen LogP contribution in [0.1, 0.15) is 64.8 Å². The number of rotatable bonds is 7. The fraction of sp³-hybridized carbons (Fsp3) is 0.640. The Kier molecular flexibility index (Phi) is 7.15. The molecule has 3 heterocycles. The average Bonchev–Trinajstić information content (AvgIpc) is 3.29. The van der Waals surface area contributed by atoms with Crippen molar-refractivity contribution in [3.8, 4) is 17.1 Å². The van der Waals surface area contributed by atoms with Crippen molar-refractivity contribution in [2.45, 2.75) is 77.5 Å². The number of hydrogen-bond acceptors (Lipinski definition) is 7. The molecule has 200 valence electrons. The van der Waals surface area contributed by atoms with E-state index >= 15 is 0 Å². The normalized spacial score (nSPS) is 25.2. The molecule has 0 saturated carbocycles. The molecule has 0 radical (unpaired) electrons. The molecule has 36 heavy (non-hydrogen) atoms. The van der Waals surface area contributed by atoms with E-state index in [-0.39, 0.29) is 23.1 Å². The van der Waals surface area contributed by atoms with Crippen molar-refractivity contribution >= 4 is 16.5 Å². The molecule has 1 aliphatic carbocycles. The number of nitrogens with zero attached hydrogens (tertiary/aromatic N) is 3. The minimum absolute atomic E-state index is 0.140. The van der Waals surface area contributed by atoms with Crippen molar-refractivity contribution in [1.29, 1.82) is 0 Å². The molecule has 0 bridgehead atoms. The summed E-state index contributed by atoms with van der Waals surface area (Å²) in [5.41, 5.74) is 0.628. The number of carbonyl (C=O) groups is 1. The van der Waals surface area contributed by atoms with E-state index in [1.54, 1.807) is 24.6 Å². The van der Waals surface area contributed by atoms with Crippen LogP contribution in [0.25, 0.3) is 11.3 Å². The second kappa shape index (κ2) is 9.59. The van der Waals surface area contributed by atoms with E-state index in [9.17, 15) is 23.4 Å². The largest absolute Gasteiger partial charge is 0.478 e. The van der Waals surface area contributed by atoms with Gasteiger partial charge in [-0.1, -0.05) is 0 Å². The van der Waals surface area contributed by atoms with E-state index in [1.165, 1.54) is 0 Å². The van der Waals surface area contributed by atoms with Crippen molar-refractivity contribution in [2.24, 2.45) is 5.92 Å². The molecule has 1 aliphatic heterocycles. The van der Waals surface area contributed by atoms with Crippen molar-refractivity contribution in [1.82, 2.24) is 20.1 Å². The summed E-state index contributed by atoms with van der Waals surface area (Å²) in [4.78, 5) is 17.3. The van der Waals surface area contributed by atoms with Gasteiger partial charge in [0, 0.05) is 41.0 Å². The van der Waals surface area contributed by atoms with E-state index < -0.39 is 33.6 Å². The van der Waals surface area contributed by atoms with Gasteiger partial charge >= 0.3 is 0 Å². The average molecular weight is 525 g/mol. The van der Waals surface area contributed by atoms with E-state index in [0.29, 0.717) is 49.6 Å². The van der Waals surface area contributed by atoms with Crippen molar-refractivity contribution < 1.29 is 28.1 Å². The maximum absolute atomic E-state index is 14.9. The topological polar surface area (TPSA) is 130 Å². The van der Waals surface area contributed by atoms with Gasteiger partial charge in [0.05, 0.1) is 41.4 Å². The molecule has 1 amide bonds. The lowest BCUT2D eigenvalue weighted by Gasteiger charge is -2.33. The Balaban J connectivity index is 1.68. The maximum Gasteiger partial charge on any atom is 0.223 e. The smallest absolute Gasteiger partial charge is 0.223 e. The molecule has 4 rings (SSSR count). The molecule has 4 N–H and O–H groups in total. The van der Waals surface area contributed by atoms with Crippen LogP contribution in [-0.2, 0) is 17.6 Å². The lowest BCUT2D eigenvalue weighted by Crippen LogP contribution is -2.49. The Morgan fingerprint density at radius 2 is 2.17 bits per heavy atom. The van der Waals surface area contributed by atoms with Gasteiger partial charge in [0.25, 0.3) is 0 Å². The standard InChI is InChI=1S/C25H37FN4O5S/c1-6-35-21-12-18(19(26)13-27-21)22-17-8-7-16(11-20(17)30(29-22)15(2)24(3,4)32)23(31)28-25(5)9-10-36(33,34)14-25/h12-13,15-16,32-34H,6-11,14H2,1-5H3,(H,28,31). The summed E-state index contributed by atoms with van der Waals surface area (Å²) >= 11 is 0. The second-order valence-electron chi connectivity index (χ2n) is 10.9. The van der Waals surface area contributed by atoms with Crippen molar-refractivity contribution in [3.05, 3.63) is 29.3 Å². The van der Waals surface area contributed by atoms with E-state index in [2.05, 4.69) is 10.3 Å². The molecule has 3 atom stereocenters. The molecule has 1 fully saturated rings. The van der Waals surface area contributed by atoms with Crippen LogP contribution in [0.2, 0.25) is 0 Å². The summed E-state index contributed by atoms with van der Waals surface area (Å²) in [6.45, 7) is 9.30. The Bertz CT molecular complexity index is 1150. The molecule has 2 aliphatic rings. The molecule has 1 saturated heterocycles. The third-order valence-electron chi connectivity index (χ3n) is 7.39. The first-order valence-electron chi connectivity index (χ1n) is 12.4. The van der Waals surface area contributed by atoms with Gasteiger partial charge in [-0.05, 0) is 53.9 Å². The summed E-state index contributed by atoms with van der Waals surface area (Å²) in [7, 11) is -2.66. The van der Waals surface area contributed by atoms with Gasteiger partial charge in [-0.25, -0.2) is 9.37 Å². The van der Waals surface area contributed by atoms with Crippen LogP contribution in [0.3, 0.4) is 0 Å². The van der Waals surface area contributed by atoms with E-state index in [0.717, 1.165) is 17.5 Å². The van der Waals surface area contributed by atoms with Crippen LogP contribution in [-0.4, -0.2) is 64.1 Å². The highest BCUT2D eigenvalue weighted by atomic mass is 32.3. The van der Waals surface area contributed by atoms with Crippen LogP contribution in [0, 0.1) is 11.7 Å². The molecular weight excluding hydrogens is 487 g/mol. The Hall–Kier alpha value is -2.21. The molecule has 2 aromatic rings. The summed E-state index contributed by atoms with van der Waals surface area (Å²) in [6.07, 6.45) is 3.08. The molecular formula is C25H37FN4O5S. The van der Waals surface area contributed by atoms with Gasteiger partial charge < -0.3 is 15.2 Å². The van der Waals surface area contributed by atoms with Crippen LogP contribution in [0.4, 0.5) is 4.39 Å². The van der Waals surface area contributed by atoms with Crippen LogP contribution < -0.4 is 10.1 Å². The number of nitrogens with one attached hydrogen (secondary N) is 1. The lowest BCUT2D eigenvalue weighted by atomic mass is 9.84. The first kappa shape index (κ1) is 26.8. The number of fused-ring (bicyclic) bond motifs is 1. The van der Waals surface area contributed by atoms with Gasteiger partial charge in [0.1, 0.15) is 0 Å². The van der Waals surface area contributed by atoms with Gasteiger partial charge in [-0.15, -0.1) is 0 Å². The summed E-state index contributed by atoms with van der Waals surface area (Å²) < 4.78 is 42.2. The highest BCUT2D eigenvalue weighted by molar-refractivity contribution is 8.24. The Morgan fingerprint density at radius 1 is 1.44 bits per heavy atom. The first-order chi connectivity index (χ1) is 16.7. The number of hydrogen-bond donors (Lipinski definition) is 4. The highest BCUT2D eigenvalue weighted by Crippen LogP contribution is 2.50. The third kappa shape index (κ3) is 5.39. The fourth-order valence-corrected chi connectivity index (χ4v) is 7.22. The van der Waals surface area contributed by atoms with Gasteiger partial charge in [-0.3, -0.25) is 18.6 Å². The molecule has 0 spiro atoms. The van der Waals surface area contributed by atoms with Crippen LogP contribution >= 0.6 is 10.6 Å². The van der Waals surface area contributed by atoms with Crippen molar-refractivity contribution in [3.63, 3.8) is 0 Å². The van der Waals surface area contributed by atoms with Crippen LogP contribution in [0.15, 0.2) is 12.3 Å². The SMILES string of the molecule is CCOc1cc(-c2nn(C(C)C(C)(C)O)c3c2CCC(C(=O)NC2(C)CCS(O)(O)C2)C3)c(F)cn1. The second-order valence-corrected chi connectivity index (χ2v) is 13.2. The minimum atomic E-state index is -2.66. The summed E-state index contributed by atoms with van der Waals surface area (Å²) in [5.74, 6) is -0.259. The lowest BCUT2D eigenvalue weighted by molar-refractivity contribution is -0.127. The van der Waals surface area contributed by atoms with Gasteiger partial charge in [0.15, 0.2) is 5.82 Å². The summed E-state index contributed by atoms with van der Waals surface area (Å²) in [6, 6.07) is 1.11. The van der Waals surface area contributed by atoms with E-state index in [1.807, 2.05) is 20.8 Å². The molecule has 11 heteroatoms. The van der Waals surface area contributed by atoms with Gasteiger partial charge in [0.2, 0.25) is 11.8 Å². The number of halogens is 1. The zero-order chi connectivity index (χ0) is 26.5. The number of pyridine rings is 1. The number of amides is 1. The molecule has 9 nitrogen and oxygen atoms in total.